The molecule has 3 rings (SSSR count). The zero-order chi connectivity index (χ0) is 19.1. The van der Waals surface area contributed by atoms with E-state index < -0.39 is 0 Å². The summed E-state index contributed by atoms with van der Waals surface area (Å²) in [5.74, 6) is 1.92. The van der Waals surface area contributed by atoms with Gasteiger partial charge in [0.15, 0.2) is 12.4 Å². The largest absolute Gasteiger partial charge is 0.439 e. The molecule has 2 aromatic rings. The van der Waals surface area contributed by atoms with E-state index in [1.54, 1.807) is 18.3 Å². The Hall–Kier alpha value is -3.09. The molecular formula is C20H24N4O3. The molecule has 1 saturated heterocycles. The van der Waals surface area contributed by atoms with Crippen LogP contribution in [0.25, 0.3) is 0 Å². The lowest BCUT2D eigenvalue weighted by molar-refractivity contribution is -0.137. The third kappa shape index (κ3) is 5.44. The zero-order valence-corrected chi connectivity index (χ0v) is 15.4. The number of para-hydroxylation sites is 1. The molecular weight excluding hydrogens is 344 g/mol. The predicted molar refractivity (Wildman–Crippen MR) is 102 cm³/mol. The van der Waals surface area contributed by atoms with E-state index in [2.05, 4.69) is 17.1 Å². The highest BCUT2D eigenvalue weighted by molar-refractivity contribution is 5.96. The quantitative estimate of drug-likeness (QED) is 0.481. The standard InChI is InChI=1S/C20H24N4O3/c1-15-9-11-24(12-10-15)19(25)14-26-23-20(21)16-7-8-18(22-13-16)27-17-5-3-2-4-6-17/h2-8,13,15H,9-12,14H2,1H3,(H2,21,23). The van der Waals surface area contributed by atoms with Crippen molar-refractivity contribution in [3.05, 3.63) is 54.2 Å². The molecule has 7 heteroatoms. The Bertz CT molecular complexity index is 770. The average Bonchev–Trinajstić information content (AvgIpc) is 2.69. The number of ether oxygens (including phenoxy) is 1. The number of hydrogen-bond donors (Lipinski definition) is 1. The summed E-state index contributed by atoms with van der Waals surface area (Å²) in [6.07, 6.45) is 3.61. The van der Waals surface area contributed by atoms with Gasteiger partial charge in [-0.3, -0.25) is 4.79 Å². The number of hydrogen-bond acceptors (Lipinski definition) is 5. The summed E-state index contributed by atoms with van der Waals surface area (Å²) in [5, 5.41) is 3.82. The van der Waals surface area contributed by atoms with Crippen LogP contribution in [0.1, 0.15) is 25.3 Å². The molecule has 1 amide bonds. The van der Waals surface area contributed by atoms with Crippen molar-refractivity contribution >= 4 is 11.7 Å². The van der Waals surface area contributed by atoms with Crippen LogP contribution in [0, 0.1) is 5.92 Å². The number of nitrogens with two attached hydrogens (primary N) is 1. The van der Waals surface area contributed by atoms with E-state index in [4.69, 9.17) is 15.3 Å². The van der Waals surface area contributed by atoms with Crippen LogP contribution >= 0.6 is 0 Å². The Labute approximate surface area is 158 Å². The highest BCUT2D eigenvalue weighted by atomic mass is 16.6. The number of carbonyl (C=O) groups excluding carboxylic acids is 1. The number of rotatable bonds is 6. The highest BCUT2D eigenvalue weighted by Crippen LogP contribution is 2.18. The van der Waals surface area contributed by atoms with E-state index in [-0.39, 0.29) is 18.3 Å². The number of amides is 1. The molecule has 1 aromatic heterocycles. The van der Waals surface area contributed by atoms with Gasteiger partial charge in [0.1, 0.15) is 5.75 Å². The predicted octanol–water partition coefficient (Wildman–Crippen LogP) is 2.77. The fourth-order valence-corrected chi connectivity index (χ4v) is 2.76. The van der Waals surface area contributed by atoms with Gasteiger partial charge in [-0.05, 0) is 37.0 Å². The second-order valence-corrected chi connectivity index (χ2v) is 6.61. The van der Waals surface area contributed by atoms with E-state index in [0.717, 1.165) is 25.9 Å². The van der Waals surface area contributed by atoms with Crippen molar-refractivity contribution in [3.8, 4) is 11.6 Å². The number of carbonyl (C=O) groups is 1. The molecule has 2 N–H and O–H groups in total. The van der Waals surface area contributed by atoms with Crippen LogP contribution < -0.4 is 10.5 Å². The number of likely N-dealkylation sites (tertiary alicyclic amines) is 1. The minimum absolute atomic E-state index is 0.0665. The van der Waals surface area contributed by atoms with Gasteiger partial charge in [-0.2, -0.15) is 0 Å². The maximum atomic E-state index is 12.1. The molecule has 0 unspecified atom stereocenters. The van der Waals surface area contributed by atoms with Gasteiger partial charge in [0.25, 0.3) is 5.91 Å². The van der Waals surface area contributed by atoms with E-state index in [9.17, 15) is 4.79 Å². The van der Waals surface area contributed by atoms with Crippen molar-refractivity contribution in [2.75, 3.05) is 19.7 Å². The van der Waals surface area contributed by atoms with Crippen LogP contribution in [0.5, 0.6) is 11.6 Å². The van der Waals surface area contributed by atoms with Gasteiger partial charge in [-0.1, -0.05) is 30.3 Å². The number of amidine groups is 1. The number of nitrogens with zero attached hydrogens (tertiary/aromatic N) is 3. The second-order valence-electron chi connectivity index (χ2n) is 6.61. The number of pyridine rings is 1. The molecule has 142 valence electrons. The van der Waals surface area contributed by atoms with Crippen molar-refractivity contribution in [1.82, 2.24) is 9.88 Å². The lowest BCUT2D eigenvalue weighted by Gasteiger charge is -2.29. The second kappa shape index (κ2) is 9.02. The SMILES string of the molecule is CC1CCN(C(=O)CO/N=C(/N)c2ccc(Oc3ccccc3)nc2)CC1. The molecule has 0 bridgehead atoms. The summed E-state index contributed by atoms with van der Waals surface area (Å²) >= 11 is 0. The van der Waals surface area contributed by atoms with Crippen molar-refractivity contribution in [2.24, 2.45) is 16.8 Å². The molecule has 0 radical (unpaired) electrons. The van der Waals surface area contributed by atoms with Crippen LogP contribution in [0.3, 0.4) is 0 Å². The zero-order valence-electron chi connectivity index (χ0n) is 15.4. The van der Waals surface area contributed by atoms with E-state index in [1.165, 1.54) is 0 Å². The Balaban J connectivity index is 1.49. The van der Waals surface area contributed by atoms with Gasteiger partial charge in [-0.25, -0.2) is 4.98 Å². The van der Waals surface area contributed by atoms with Crippen molar-refractivity contribution in [2.45, 2.75) is 19.8 Å². The first-order chi connectivity index (χ1) is 13.1. The fourth-order valence-electron chi connectivity index (χ4n) is 2.76. The molecule has 1 aliphatic heterocycles. The molecule has 0 saturated carbocycles. The van der Waals surface area contributed by atoms with Crippen LogP contribution in [0.15, 0.2) is 53.8 Å². The fraction of sp³-hybridized carbons (Fsp3) is 0.350. The third-order valence-electron chi connectivity index (χ3n) is 4.48. The Morgan fingerprint density at radius 2 is 1.96 bits per heavy atom. The van der Waals surface area contributed by atoms with Gasteiger partial charge >= 0.3 is 0 Å². The van der Waals surface area contributed by atoms with Crippen LogP contribution in [0.2, 0.25) is 0 Å². The van der Waals surface area contributed by atoms with Crippen LogP contribution in [-0.4, -0.2) is 41.3 Å². The monoisotopic (exact) mass is 368 g/mol. The first-order valence-electron chi connectivity index (χ1n) is 9.04. The number of benzene rings is 1. The molecule has 1 fully saturated rings. The average molecular weight is 368 g/mol. The third-order valence-corrected chi connectivity index (χ3v) is 4.48. The molecule has 0 spiro atoms. The molecule has 0 aliphatic carbocycles. The summed E-state index contributed by atoms with van der Waals surface area (Å²) in [7, 11) is 0. The number of oxime groups is 1. The Morgan fingerprint density at radius 1 is 1.22 bits per heavy atom. The van der Waals surface area contributed by atoms with E-state index >= 15 is 0 Å². The summed E-state index contributed by atoms with van der Waals surface area (Å²) in [5.41, 5.74) is 6.49. The van der Waals surface area contributed by atoms with Gasteiger partial charge in [0, 0.05) is 30.9 Å². The van der Waals surface area contributed by atoms with Gasteiger partial charge in [-0.15, -0.1) is 0 Å². The van der Waals surface area contributed by atoms with Gasteiger partial charge in [0.2, 0.25) is 5.88 Å². The van der Waals surface area contributed by atoms with Crippen molar-refractivity contribution < 1.29 is 14.4 Å². The first kappa shape index (κ1) is 18.7. The number of aromatic nitrogens is 1. The topological polar surface area (TPSA) is 90.0 Å². The lowest BCUT2D eigenvalue weighted by Crippen LogP contribution is -2.39. The van der Waals surface area contributed by atoms with Gasteiger partial charge < -0.3 is 20.2 Å². The number of piperidine rings is 1. The molecule has 1 aromatic carbocycles. The smallest absolute Gasteiger partial charge is 0.263 e. The summed E-state index contributed by atoms with van der Waals surface area (Å²) in [4.78, 5) is 23.2. The maximum absolute atomic E-state index is 12.1. The minimum Gasteiger partial charge on any atom is -0.439 e. The molecule has 1 aliphatic rings. The Kier molecular flexibility index (Phi) is 6.25. The van der Waals surface area contributed by atoms with Crippen LogP contribution in [-0.2, 0) is 9.63 Å². The lowest BCUT2D eigenvalue weighted by atomic mass is 9.99. The minimum atomic E-state index is -0.113. The van der Waals surface area contributed by atoms with E-state index in [0.29, 0.717) is 23.1 Å². The van der Waals surface area contributed by atoms with Crippen LogP contribution in [0.4, 0.5) is 0 Å². The maximum Gasteiger partial charge on any atom is 0.263 e. The summed E-state index contributed by atoms with van der Waals surface area (Å²) < 4.78 is 5.63. The highest BCUT2D eigenvalue weighted by Gasteiger charge is 2.20. The molecule has 27 heavy (non-hydrogen) atoms. The molecule has 7 nitrogen and oxygen atoms in total. The van der Waals surface area contributed by atoms with Crippen molar-refractivity contribution in [3.63, 3.8) is 0 Å². The normalized spacial score (nSPS) is 15.4. The van der Waals surface area contributed by atoms with E-state index in [1.807, 2.05) is 35.2 Å². The van der Waals surface area contributed by atoms with Crippen molar-refractivity contribution in [1.29, 1.82) is 0 Å². The molecule has 0 atom stereocenters. The Morgan fingerprint density at radius 3 is 2.63 bits per heavy atom. The first-order valence-corrected chi connectivity index (χ1v) is 9.04. The van der Waals surface area contributed by atoms with Gasteiger partial charge in [0.05, 0.1) is 0 Å². The molecule has 2 heterocycles. The summed E-state index contributed by atoms with van der Waals surface area (Å²) in [6.45, 7) is 3.63. The summed E-state index contributed by atoms with van der Waals surface area (Å²) in [6, 6.07) is 12.8.